The number of unbranched alkanes of at least 4 members (excludes halogenated alkanes) is 1. The average molecular weight is 325 g/mol. The molecule has 3 N–H and O–H groups in total. The molecule has 8 heteroatoms. The summed E-state index contributed by atoms with van der Waals surface area (Å²) in [6, 6.07) is -1.57. The Kier molecular flexibility index (Phi) is 5.23. The molecule has 1 saturated heterocycles. The van der Waals surface area contributed by atoms with E-state index in [1.165, 1.54) is 0 Å². The Morgan fingerprint density at radius 1 is 1.35 bits per heavy atom. The van der Waals surface area contributed by atoms with Gasteiger partial charge in [-0.1, -0.05) is 32.6 Å². The highest BCUT2D eigenvalue weighted by Crippen LogP contribution is 2.34. The number of nitrogens with zero attached hydrogens (tertiary/aromatic N) is 1. The maximum Gasteiger partial charge on any atom is 0.326 e. The SMILES string of the molecule is CCCC[C@H](NC(=O)CN1C(=O)NC2(CCCC2)C1=O)C(=O)O. The minimum Gasteiger partial charge on any atom is -0.480 e. The van der Waals surface area contributed by atoms with E-state index in [4.69, 9.17) is 5.11 Å². The fourth-order valence-electron chi connectivity index (χ4n) is 3.19. The highest BCUT2D eigenvalue weighted by atomic mass is 16.4. The van der Waals surface area contributed by atoms with Crippen molar-refractivity contribution in [2.45, 2.75) is 63.5 Å². The third kappa shape index (κ3) is 3.62. The van der Waals surface area contributed by atoms with Gasteiger partial charge in [0.25, 0.3) is 5.91 Å². The summed E-state index contributed by atoms with van der Waals surface area (Å²) in [7, 11) is 0. The Morgan fingerprint density at radius 3 is 2.57 bits per heavy atom. The number of imide groups is 1. The monoisotopic (exact) mass is 325 g/mol. The molecule has 2 aliphatic rings. The van der Waals surface area contributed by atoms with Crippen LogP contribution in [0.3, 0.4) is 0 Å². The lowest BCUT2D eigenvalue weighted by atomic mass is 9.98. The van der Waals surface area contributed by atoms with E-state index in [9.17, 15) is 19.2 Å². The number of nitrogens with one attached hydrogen (secondary N) is 2. The van der Waals surface area contributed by atoms with Crippen LogP contribution in [0.25, 0.3) is 0 Å². The zero-order valence-electron chi connectivity index (χ0n) is 13.3. The Balaban J connectivity index is 1.95. The Morgan fingerprint density at radius 2 is 2.00 bits per heavy atom. The van der Waals surface area contributed by atoms with Crippen LogP contribution < -0.4 is 10.6 Å². The molecule has 1 aliphatic carbocycles. The van der Waals surface area contributed by atoms with Crippen LogP contribution in [-0.4, -0.2) is 51.9 Å². The van der Waals surface area contributed by atoms with Gasteiger partial charge >= 0.3 is 12.0 Å². The Labute approximate surface area is 134 Å². The lowest BCUT2D eigenvalue weighted by Gasteiger charge is -2.20. The van der Waals surface area contributed by atoms with Gasteiger partial charge in [0, 0.05) is 0 Å². The topological polar surface area (TPSA) is 116 Å². The van der Waals surface area contributed by atoms with E-state index in [0.29, 0.717) is 25.7 Å². The van der Waals surface area contributed by atoms with Gasteiger partial charge in [0.05, 0.1) is 0 Å². The van der Waals surface area contributed by atoms with Gasteiger partial charge in [-0.25, -0.2) is 9.59 Å². The van der Waals surface area contributed by atoms with Crippen molar-refractivity contribution in [2.24, 2.45) is 0 Å². The normalized spacial score (nSPS) is 20.7. The van der Waals surface area contributed by atoms with E-state index in [0.717, 1.165) is 24.2 Å². The number of carbonyl (C=O) groups is 4. The molecule has 2 rings (SSSR count). The third-order valence-electron chi connectivity index (χ3n) is 4.48. The van der Waals surface area contributed by atoms with Crippen molar-refractivity contribution in [2.75, 3.05) is 6.54 Å². The number of hydrogen-bond donors (Lipinski definition) is 3. The van der Waals surface area contributed by atoms with Gasteiger partial charge < -0.3 is 15.7 Å². The summed E-state index contributed by atoms with van der Waals surface area (Å²) in [6.45, 7) is 1.48. The number of urea groups is 1. The van der Waals surface area contributed by atoms with Gasteiger partial charge in [0.15, 0.2) is 0 Å². The summed E-state index contributed by atoms with van der Waals surface area (Å²) in [4.78, 5) is 48.4. The second kappa shape index (κ2) is 6.97. The molecule has 8 nitrogen and oxygen atoms in total. The van der Waals surface area contributed by atoms with Gasteiger partial charge in [-0.15, -0.1) is 0 Å². The van der Waals surface area contributed by atoms with Gasteiger partial charge in [0.1, 0.15) is 18.1 Å². The molecule has 1 spiro atoms. The quantitative estimate of drug-likeness (QED) is 0.593. The van der Waals surface area contributed by atoms with Crippen LogP contribution >= 0.6 is 0 Å². The van der Waals surface area contributed by atoms with Gasteiger partial charge in [-0.05, 0) is 19.3 Å². The number of amides is 4. The van der Waals surface area contributed by atoms with Crippen molar-refractivity contribution in [3.05, 3.63) is 0 Å². The van der Waals surface area contributed by atoms with Crippen molar-refractivity contribution in [3.8, 4) is 0 Å². The molecule has 4 amide bonds. The molecule has 23 heavy (non-hydrogen) atoms. The number of aliphatic carboxylic acids is 1. The molecular formula is C15H23N3O5. The first kappa shape index (κ1) is 17.2. The molecule has 128 valence electrons. The van der Waals surface area contributed by atoms with Crippen molar-refractivity contribution < 1.29 is 24.3 Å². The molecule has 0 aromatic heterocycles. The zero-order valence-corrected chi connectivity index (χ0v) is 13.3. The molecule has 1 heterocycles. The third-order valence-corrected chi connectivity index (χ3v) is 4.48. The van der Waals surface area contributed by atoms with Crippen molar-refractivity contribution >= 4 is 23.8 Å². The second-order valence-electron chi connectivity index (χ2n) is 6.21. The fourth-order valence-corrected chi connectivity index (χ4v) is 3.19. The van der Waals surface area contributed by atoms with E-state index in [1.54, 1.807) is 0 Å². The highest BCUT2D eigenvalue weighted by Gasteiger charge is 2.52. The molecule has 0 aromatic carbocycles. The standard InChI is InChI=1S/C15H23N3O5/c1-2-3-6-10(12(20)21)16-11(19)9-18-13(22)15(17-14(18)23)7-4-5-8-15/h10H,2-9H2,1H3,(H,16,19)(H,17,23)(H,20,21)/t10-/m0/s1. The van der Waals surface area contributed by atoms with Crippen molar-refractivity contribution in [3.63, 3.8) is 0 Å². The van der Waals surface area contributed by atoms with Gasteiger partial charge in [-0.3, -0.25) is 14.5 Å². The van der Waals surface area contributed by atoms with Crippen LogP contribution in [0.4, 0.5) is 4.79 Å². The molecule has 0 unspecified atom stereocenters. The Bertz CT molecular complexity index is 513. The molecule has 1 atom stereocenters. The molecule has 0 aromatic rings. The number of carboxylic acid groups (broad SMARTS) is 1. The molecule has 1 saturated carbocycles. The minimum absolute atomic E-state index is 0.321. The van der Waals surface area contributed by atoms with Gasteiger partial charge in [-0.2, -0.15) is 0 Å². The summed E-state index contributed by atoms with van der Waals surface area (Å²) in [6.07, 6.45) is 4.71. The molecule has 0 radical (unpaired) electrons. The smallest absolute Gasteiger partial charge is 0.326 e. The summed E-state index contributed by atoms with van der Waals surface area (Å²) in [5, 5.41) is 14.2. The number of rotatable bonds is 7. The van der Waals surface area contributed by atoms with Crippen LogP contribution in [0.15, 0.2) is 0 Å². The van der Waals surface area contributed by atoms with Crippen molar-refractivity contribution in [1.82, 2.24) is 15.5 Å². The largest absolute Gasteiger partial charge is 0.480 e. The number of carboxylic acids is 1. The lowest BCUT2D eigenvalue weighted by Crippen LogP contribution is -2.48. The van der Waals surface area contributed by atoms with Crippen LogP contribution in [0, 0.1) is 0 Å². The van der Waals surface area contributed by atoms with E-state index < -0.39 is 36.0 Å². The van der Waals surface area contributed by atoms with Crippen LogP contribution in [0.5, 0.6) is 0 Å². The molecule has 0 bridgehead atoms. The van der Waals surface area contributed by atoms with Crippen molar-refractivity contribution in [1.29, 1.82) is 0 Å². The average Bonchev–Trinajstić information content (AvgIpc) is 3.05. The first-order chi connectivity index (χ1) is 10.9. The number of hydrogen-bond acceptors (Lipinski definition) is 4. The predicted molar refractivity (Wildman–Crippen MR) is 80.5 cm³/mol. The van der Waals surface area contributed by atoms with E-state index in [2.05, 4.69) is 10.6 Å². The molecular weight excluding hydrogens is 302 g/mol. The Hall–Kier alpha value is -2.12. The summed E-state index contributed by atoms with van der Waals surface area (Å²) in [5.41, 5.74) is -0.855. The van der Waals surface area contributed by atoms with Crippen LogP contribution in [-0.2, 0) is 14.4 Å². The maximum absolute atomic E-state index is 12.4. The summed E-state index contributed by atoms with van der Waals surface area (Å²) >= 11 is 0. The molecule has 1 aliphatic heterocycles. The first-order valence-corrected chi connectivity index (χ1v) is 8.06. The van der Waals surface area contributed by atoms with Crippen LogP contribution in [0.2, 0.25) is 0 Å². The van der Waals surface area contributed by atoms with Crippen LogP contribution in [0.1, 0.15) is 51.9 Å². The molecule has 2 fully saturated rings. The number of carbonyl (C=O) groups excluding carboxylic acids is 3. The highest BCUT2D eigenvalue weighted by molar-refractivity contribution is 6.09. The first-order valence-electron chi connectivity index (χ1n) is 8.06. The zero-order chi connectivity index (χ0) is 17.0. The van der Waals surface area contributed by atoms with E-state index in [-0.39, 0.29) is 5.91 Å². The maximum atomic E-state index is 12.4. The lowest BCUT2D eigenvalue weighted by molar-refractivity contribution is -0.142. The summed E-state index contributed by atoms with van der Waals surface area (Å²) < 4.78 is 0. The van der Waals surface area contributed by atoms with E-state index in [1.807, 2.05) is 6.92 Å². The van der Waals surface area contributed by atoms with E-state index >= 15 is 0 Å². The predicted octanol–water partition coefficient (Wildman–Crippen LogP) is 0.611. The fraction of sp³-hybridized carbons (Fsp3) is 0.733. The summed E-state index contributed by atoms with van der Waals surface area (Å²) in [5.74, 6) is -2.13. The minimum atomic E-state index is -1.11. The van der Waals surface area contributed by atoms with Gasteiger partial charge in [0.2, 0.25) is 5.91 Å². The second-order valence-corrected chi connectivity index (χ2v) is 6.21.